The Morgan fingerprint density at radius 2 is 1.95 bits per heavy atom. The number of nitrogens with zero attached hydrogens (tertiary/aromatic N) is 4. The molecule has 2 aromatic carbocycles. The summed E-state index contributed by atoms with van der Waals surface area (Å²) in [5.74, 6) is -0.117. The molecule has 1 amide bonds. The fraction of sp³-hybridized carbons (Fsp3) is 0.214. The molecule has 0 saturated carbocycles. The van der Waals surface area contributed by atoms with Gasteiger partial charge in [-0.15, -0.1) is 0 Å². The van der Waals surface area contributed by atoms with E-state index in [9.17, 15) is 14.0 Å². The Bertz CT molecular complexity index is 1480. The molecule has 194 valence electrons. The van der Waals surface area contributed by atoms with Gasteiger partial charge in [-0.05, 0) is 29.3 Å². The van der Waals surface area contributed by atoms with E-state index in [0.29, 0.717) is 31.3 Å². The van der Waals surface area contributed by atoms with Crippen LogP contribution >= 0.6 is 0 Å². The molecule has 1 aliphatic heterocycles. The van der Waals surface area contributed by atoms with E-state index in [4.69, 9.17) is 9.47 Å². The molecule has 1 saturated heterocycles. The van der Waals surface area contributed by atoms with Gasteiger partial charge in [-0.25, -0.2) is 14.2 Å². The quantitative estimate of drug-likeness (QED) is 0.409. The Morgan fingerprint density at radius 3 is 2.71 bits per heavy atom. The molecule has 1 atom stereocenters. The number of rotatable bonds is 6. The summed E-state index contributed by atoms with van der Waals surface area (Å²) < 4.78 is 27.0. The molecule has 0 radical (unpaired) electrons. The molecule has 3 heterocycles. The molecule has 5 rings (SSSR count). The summed E-state index contributed by atoms with van der Waals surface area (Å²) in [6, 6.07) is 19.6. The Balaban J connectivity index is 1.26. The van der Waals surface area contributed by atoms with Crippen molar-refractivity contribution in [2.75, 3.05) is 29.9 Å². The third-order valence-electron chi connectivity index (χ3n) is 6.25. The number of morpholine rings is 1. The number of benzene rings is 2. The van der Waals surface area contributed by atoms with E-state index >= 15 is 0 Å². The first-order valence-corrected chi connectivity index (χ1v) is 12.1. The molecule has 9 nitrogen and oxygen atoms in total. The van der Waals surface area contributed by atoms with Gasteiger partial charge in [0, 0.05) is 37.1 Å². The van der Waals surface area contributed by atoms with Crippen LogP contribution in [0.2, 0.25) is 0 Å². The van der Waals surface area contributed by atoms with E-state index in [0.717, 1.165) is 17.3 Å². The van der Waals surface area contributed by atoms with Crippen LogP contribution in [0.1, 0.15) is 17.2 Å². The maximum atomic E-state index is 14.3. The summed E-state index contributed by atoms with van der Waals surface area (Å²) in [6.07, 6.45) is 1.73. The molecule has 1 N–H and O–H groups in total. The molecule has 0 aliphatic carbocycles. The van der Waals surface area contributed by atoms with Gasteiger partial charge in [0.1, 0.15) is 12.7 Å². The van der Waals surface area contributed by atoms with Crippen LogP contribution in [-0.2, 0) is 23.1 Å². The SMILES string of the molecule is Cn1c(N2CCO[C@@H](c3ccc(NC(=O)OCc4ccccc4)cc3)C2)nc(-c2ccncc2F)cc1=O. The Hall–Kier alpha value is -4.57. The highest BCUT2D eigenvalue weighted by atomic mass is 19.1. The first-order valence-electron chi connectivity index (χ1n) is 12.1. The van der Waals surface area contributed by atoms with E-state index in [-0.39, 0.29) is 29.5 Å². The number of nitrogens with one attached hydrogen (secondary N) is 1. The summed E-state index contributed by atoms with van der Waals surface area (Å²) in [5.41, 5.74) is 2.57. The van der Waals surface area contributed by atoms with E-state index in [1.165, 1.54) is 22.9 Å². The second-order valence-corrected chi connectivity index (χ2v) is 8.81. The van der Waals surface area contributed by atoms with Crippen LogP contribution in [0.3, 0.4) is 0 Å². The van der Waals surface area contributed by atoms with Crippen molar-refractivity contribution < 1.29 is 18.7 Å². The second kappa shape index (κ2) is 11.2. The molecule has 1 aliphatic rings. The first-order chi connectivity index (χ1) is 18.5. The molecule has 0 unspecified atom stereocenters. The van der Waals surface area contributed by atoms with Crippen molar-refractivity contribution in [3.63, 3.8) is 0 Å². The van der Waals surface area contributed by atoms with Gasteiger partial charge >= 0.3 is 6.09 Å². The average molecular weight is 516 g/mol. The highest BCUT2D eigenvalue weighted by molar-refractivity contribution is 5.84. The zero-order valence-corrected chi connectivity index (χ0v) is 20.7. The summed E-state index contributed by atoms with van der Waals surface area (Å²) in [4.78, 5) is 35.2. The third kappa shape index (κ3) is 5.70. The van der Waals surface area contributed by atoms with Gasteiger partial charge in [0.25, 0.3) is 5.56 Å². The van der Waals surface area contributed by atoms with Crippen LogP contribution < -0.4 is 15.8 Å². The van der Waals surface area contributed by atoms with Crippen molar-refractivity contribution in [3.05, 3.63) is 106 Å². The molecule has 1 fully saturated rings. The number of ether oxygens (including phenoxy) is 2. The Labute approximate surface area is 218 Å². The standard InChI is InChI=1S/C28H26FN5O4/c1-33-26(35)15-24(22-11-12-30-16-23(22)29)32-27(33)34-13-14-37-25(17-34)20-7-9-21(10-8-20)31-28(36)38-18-19-5-3-2-4-6-19/h2-12,15-16,25H,13-14,17-18H2,1H3,(H,31,36)/t25-/m1/s1. The number of hydrogen-bond acceptors (Lipinski definition) is 7. The average Bonchev–Trinajstić information content (AvgIpc) is 2.95. The summed E-state index contributed by atoms with van der Waals surface area (Å²) in [7, 11) is 1.64. The van der Waals surface area contributed by atoms with Crippen LogP contribution in [0, 0.1) is 5.82 Å². The van der Waals surface area contributed by atoms with Crippen LogP contribution in [0.5, 0.6) is 0 Å². The number of halogens is 1. The monoisotopic (exact) mass is 515 g/mol. The van der Waals surface area contributed by atoms with E-state index in [2.05, 4.69) is 15.3 Å². The lowest BCUT2D eigenvalue weighted by Gasteiger charge is -2.34. The van der Waals surface area contributed by atoms with Gasteiger partial charge in [0.05, 0.1) is 25.0 Å². The molecular weight excluding hydrogens is 489 g/mol. The largest absolute Gasteiger partial charge is 0.444 e. The maximum Gasteiger partial charge on any atom is 0.411 e. The van der Waals surface area contributed by atoms with Gasteiger partial charge < -0.3 is 14.4 Å². The van der Waals surface area contributed by atoms with E-state index in [1.807, 2.05) is 47.4 Å². The van der Waals surface area contributed by atoms with E-state index < -0.39 is 11.9 Å². The molecular formula is C28H26FN5O4. The smallest absolute Gasteiger partial charge is 0.411 e. The number of hydrogen-bond donors (Lipinski definition) is 1. The number of carbonyl (C=O) groups is 1. The van der Waals surface area contributed by atoms with Crippen LogP contribution in [-0.4, -0.2) is 40.3 Å². The molecule has 0 bridgehead atoms. The lowest BCUT2D eigenvalue weighted by molar-refractivity contribution is 0.0390. The minimum Gasteiger partial charge on any atom is -0.444 e. The third-order valence-corrected chi connectivity index (χ3v) is 6.25. The zero-order valence-electron chi connectivity index (χ0n) is 20.7. The summed E-state index contributed by atoms with van der Waals surface area (Å²) >= 11 is 0. The predicted molar refractivity (Wildman–Crippen MR) is 140 cm³/mol. The number of carbonyl (C=O) groups excluding carboxylic acids is 1. The second-order valence-electron chi connectivity index (χ2n) is 8.81. The topological polar surface area (TPSA) is 98.6 Å². The van der Waals surface area contributed by atoms with Crippen molar-refractivity contribution in [2.45, 2.75) is 12.7 Å². The Kier molecular flexibility index (Phi) is 7.41. The van der Waals surface area contributed by atoms with Gasteiger partial charge in [0.2, 0.25) is 5.95 Å². The molecule has 0 spiro atoms. The first kappa shape index (κ1) is 25.1. The van der Waals surface area contributed by atoms with E-state index in [1.54, 1.807) is 19.2 Å². The normalized spacial score (nSPS) is 15.2. The van der Waals surface area contributed by atoms with Crippen molar-refractivity contribution >= 4 is 17.7 Å². The zero-order chi connectivity index (χ0) is 26.5. The van der Waals surface area contributed by atoms with Gasteiger partial charge in [-0.2, -0.15) is 0 Å². The number of pyridine rings is 1. The molecule has 38 heavy (non-hydrogen) atoms. The number of amides is 1. The summed E-state index contributed by atoms with van der Waals surface area (Å²) in [6.45, 7) is 1.56. The minimum atomic E-state index is -0.545. The molecule has 4 aromatic rings. The van der Waals surface area contributed by atoms with Crippen molar-refractivity contribution in [1.82, 2.24) is 14.5 Å². The van der Waals surface area contributed by atoms with Gasteiger partial charge in [-0.3, -0.25) is 19.7 Å². The molecule has 10 heteroatoms. The van der Waals surface area contributed by atoms with Crippen molar-refractivity contribution in [2.24, 2.45) is 7.05 Å². The highest BCUT2D eigenvalue weighted by Gasteiger charge is 2.25. The van der Waals surface area contributed by atoms with Crippen LogP contribution in [0.4, 0.5) is 20.8 Å². The van der Waals surface area contributed by atoms with Gasteiger partial charge in [-0.1, -0.05) is 42.5 Å². The van der Waals surface area contributed by atoms with Crippen molar-refractivity contribution in [1.29, 1.82) is 0 Å². The predicted octanol–water partition coefficient (Wildman–Crippen LogP) is 4.31. The highest BCUT2D eigenvalue weighted by Crippen LogP contribution is 2.27. The van der Waals surface area contributed by atoms with Crippen LogP contribution in [0.25, 0.3) is 11.3 Å². The lowest BCUT2D eigenvalue weighted by atomic mass is 10.1. The maximum absolute atomic E-state index is 14.3. The van der Waals surface area contributed by atoms with Crippen LogP contribution in [0.15, 0.2) is 83.9 Å². The number of anilines is 2. The fourth-order valence-corrected chi connectivity index (χ4v) is 4.22. The fourth-order valence-electron chi connectivity index (χ4n) is 4.22. The number of aromatic nitrogens is 3. The minimum absolute atomic E-state index is 0.183. The lowest BCUT2D eigenvalue weighted by Crippen LogP contribution is -2.41. The van der Waals surface area contributed by atoms with Crippen molar-refractivity contribution in [3.8, 4) is 11.3 Å². The van der Waals surface area contributed by atoms with Gasteiger partial charge in [0.15, 0.2) is 5.82 Å². The summed E-state index contributed by atoms with van der Waals surface area (Å²) in [5, 5.41) is 2.72. The molecule has 2 aromatic heterocycles. The Morgan fingerprint density at radius 1 is 1.16 bits per heavy atom.